The molecule has 4 heteroatoms. The lowest BCUT2D eigenvalue weighted by atomic mass is 9.70. The zero-order valence-corrected chi connectivity index (χ0v) is 7.80. The molecular weight excluding hydrogens is 184 g/mol. The van der Waals surface area contributed by atoms with E-state index in [9.17, 15) is 9.59 Å². The second kappa shape index (κ2) is 2.59. The second-order valence-corrected chi connectivity index (χ2v) is 4.29. The molecule has 2 bridgehead atoms. The molecule has 0 radical (unpaired) electrons. The molecule has 0 aromatic carbocycles. The van der Waals surface area contributed by atoms with Crippen molar-refractivity contribution < 1.29 is 19.8 Å². The molecule has 2 N–H and O–H groups in total. The maximum atomic E-state index is 11.1. The van der Waals surface area contributed by atoms with E-state index in [0.29, 0.717) is 6.42 Å². The summed E-state index contributed by atoms with van der Waals surface area (Å²) in [4.78, 5) is 22.1. The van der Waals surface area contributed by atoms with E-state index < -0.39 is 23.3 Å². The molecule has 4 nitrogen and oxygen atoms in total. The first-order chi connectivity index (χ1) is 6.48. The van der Waals surface area contributed by atoms with Crippen LogP contribution in [0.1, 0.15) is 13.3 Å². The van der Waals surface area contributed by atoms with Crippen molar-refractivity contribution in [1.82, 2.24) is 0 Å². The lowest BCUT2D eigenvalue weighted by Gasteiger charge is -2.31. The fraction of sp³-hybridized carbons (Fsp3) is 0.600. The summed E-state index contributed by atoms with van der Waals surface area (Å²) in [5.41, 5.74) is -1.12. The van der Waals surface area contributed by atoms with Crippen molar-refractivity contribution in [2.45, 2.75) is 13.3 Å². The summed E-state index contributed by atoms with van der Waals surface area (Å²) in [6.07, 6.45) is 4.35. The van der Waals surface area contributed by atoms with Crippen LogP contribution in [0.25, 0.3) is 0 Å². The van der Waals surface area contributed by atoms with E-state index in [2.05, 4.69) is 0 Å². The molecule has 0 saturated heterocycles. The summed E-state index contributed by atoms with van der Waals surface area (Å²) in [7, 11) is 0. The van der Waals surface area contributed by atoms with Crippen LogP contribution in [0.3, 0.4) is 0 Å². The molecule has 0 aromatic heterocycles. The van der Waals surface area contributed by atoms with E-state index in [1.54, 1.807) is 6.92 Å². The highest BCUT2D eigenvalue weighted by Crippen LogP contribution is 2.56. The average molecular weight is 196 g/mol. The Bertz CT molecular complexity index is 333. The molecule has 76 valence electrons. The van der Waals surface area contributed by atoms with Gasteiger partial charge in [-0.05, 0) is 25.2 Å². The summed E-state index contributed by atoms with van der Waals surface area (Å²) in [5, 5.41) is 18.1. The van der Waals surface area contributed by atoms with Crippen LogP contribution in [-0.4, -0.2) is 22.2 Å². The Morgan fingerprint density at radius 2 is 2.00 bits per heavy atom. The van der Waals surface area contributed by atoms with Crippen molar-refractivity contribution in [1.29, 1.82) is 0 Å². The van der Waals surface area contributed by atoms with Crippen molar-refractivity contribution in [3.05, 3.63) is 12.2 Å². The monoisotopic (exact) mass is 196 g/mol. The molecule has 1 fully saturated rings. The van der Waals surface area contributed by atoms with E-state index in [0.717, 1.165) is 0 Å². The minimum Gasteiger partial charge on any atom is -0.481 e. The summed E-state index contributed by atoms with van der Waals surface area (Å²) < 4.78 is 0. The molecular formula is C10H12O4. The van der Waals surface area contributed by atoms with Crippen molar-refractivity contribution in [2.24, 2.45) is 23.2 Å². The van der Waals surface area contributed by atoms with Gasteiger partial charge in [0.15, 0.2) is 0 Å². The third kappa shape index (κ3) is 0.882. The number of aliphatic carboxylic acids is 2. The Labute approximate surface area is 81.2 Å². The van der Waals surface area contributed by atoms with E-state index >= 15 is 0 Å². The number of hydrogen-bond donors (Lipinski definition) is 2. The minimum absolute atomic E-state index is 0.0985. The summed E-state index contributed by atoms with van der Waals surface area (Å²) in [5.74, 6) is -2.98. The first-order valence-electron chi connectivity index (χ1n) is 4.62. The maximum Gasteiger partial charge on any atom is 0.310 e. The Balaban J connectivity index is 2.45. The van der Waals surface area contributed by atoms with Gasteiger partial charge in [-0.25, -0.2) is 0 Å². The summed E-state index contributed by atoms with van der Waals surface area (Å²) in [6, 6.07) is 0. The highest BCUT2D eigenvalue weighted by atomic mass is 16.4. The first kappa shape index (κ1) is 9.24. The largest absolute Gasteiger partial charge is 0.481 e. The molecule has 0 aromatic rings. The predicted molar refractivity (Wildman–Crippen MR) is 47.6 cm³/mol. The molecule has 2 aliphatic carbocycles. The van der Waals surface area contributed by atoms with Gasteiger partial charge in [0.25, 0.3) is 0 Å². The van der Waals surface area contributed by atoms with Crippen molar-refractivity contribution in [3.63, 3.8) is 0 Å². The molecule has 0 unspecified atom stereocenters. The third-order valence-corrected chi connectivity index (χ3v) is 3.69. The summed E-state index contributed by atoms with van der Waals surface area (Å²) >= 11 is 0. The number of hydrogen-bond acceptors (Lipinski definition) is 2. The van der Waals surface area contributed by atoms with Crippen LogP contribution in [0.5, 0.6) is 0 Å². The number of fused-ring (bicyclic) bond motifs is 2. The number of allylic oxidation sites excluding steroid dienone is 2. The standard InChI is InChI=1S/C10H12O4/c1-10(9(13)14)6-3-2-5(4-6)7(10)8(11)12/h2-3,5-7H,4H2,1H3,(H,11,12)(H,13,14)/t5-,6+,7+,10+/m0/s1. The van der Waals surface area contributed by atoms with E-state index in [1.165, 1.54) is 0 Å². The number of carboxylic acid groups (broad SMARTS) is 2. The van der Waals surface area contributed by atoms with Gasteiger partial charge in [0, 0.05) is 0 Å². The van der Waals surface area contributed by atoms with E-state index in [4.69, 9.17) is 10.2 Å². The number of carboxylic acids is 2. The van der Waals surface area contributed by atoms with Gasteiger partial charge in [0.2, 0.25) is 0 Å². The average Bonchev–Trinajstić information content (AvgIpc) is 2.61. The Hall–Kier alpha value is -1.32. The lowest BCUT2D eigenvalue weighted by Crippen LogP contribution is -2.43. The molecule has 2 aliphatic rings. The van der Waals surface area contributed by atoms with Crippen LogP contribution in [0.4, 0.5) is 0 Å². The third-order valence-electron chi connectivity index (χ3n) is 3.69. The normalized spacial score (nSPS) is 44.2. The van der Waals surface area contributed by atoms with Gasteiger partial charge >= 0.3 is 11.9 Å². The predicted octanol–water partition coefficient (Wildman–Crippen LogP) is 0.984. The highest BCUT2D eigenvalue weighted by Gasteiger charge is 2.60. The molecule has 2 rings (SSSR count). The zero-order valence-electron chi connectivity index (χ0n) is 7.80. The van der Waals surface area contributed by atoms with Gasteiger partial charge in [0.05, 0.1) is 11.3 Å². The van der Waals surface area contributed by atoms with Crippen LogP contribution in [0.15, 0.2) is 12.2 Å². The fourth-order valence-electron chi connectivity index (χ4n) is 2.83. The number of carbonyl (C=O) groups is 2. The van der Waals surface area contributed by atoms with Crippen molar-refractivity contribution >= 4 is 11.9 Å². The van der Waals surface area contributed by atoms with Crippen LogP contribution in [0, 0.1) is 23.2 Å². The Kier molecular flexibility index (Phi) is 1.71. The minimum atomic E-state index is -1.12. The lowest BCUT2D eigenvalue weighted by molar-refractivity contribution is -0.162. The molecule has 0 amide bonds. The van der Waals surface area contributed by atoms with Crippen LogP contribution < -0.4 is 0 Å². The number of rotatable bonds is 2. The topological polar surface area (TPSA) is 74.6 Å². The van der Waals surface area contributed by atoms with E-state index in [1.807, 2.05) is 12.2 Å². The van der Waals surface area contributed by atoms with Crippen molar-refractivity contribution in [2.75, 3.05) is 0 Å². The van der Waals surface area contributed by atoms with Crippen LogP contribution in [-0.2, 0) is 9.59 Å². The first-order valence-corrected chi connectivity index (χ1v) is 4.62. The molecule has 0 heterocycles. The zero-order chi connectivity index (χ0) is 10.5. The molecule has 14 heavy (non-hydrogen) atoms. The molecule has 0 aliphatic heterocycles. The van der Waals surface area contributed by atoms with Crippen LogP contribution >= 0.6 is 0 Å². The Morgan fingerprint density at radius 3 is 2.43 bits per heavy atom. The van der Waals surface area contributed by atoms with Gasteiger partial charge in [-0.15, -0.1) is 0 Å². The highest BCUT2D eigenvalue weighted by molar-refractivity contribution is 5.85. The van der Waals surface area contributed by atoms with Crippen LogP contribution in [0.2, 0.25) is 0 Å². The van der Waals surface area contributed by atoms with Gasteiger partial charge in [-0.2, -0.15) is 0 Å². The molecule has 1 saturated carbocycles. The Morgan fingerprint density at radius 1 is 1.36 bits per heavy atom. The van der Waals surface area contributed by atoms with Gasteiger partial charge in [-0.3, -0.25) is 9.59 Å². The van der Waals surface area contributed by atoms with E-state index in [-0.39, 0.29) is 11.8 Å². The van der Waals surface area contributed by atoms with Gasteiger partial charge in [0.1, 0.15) is 0 Å². The van der Waals surface area contributed by atoms with Gasteiger partial charge < -0.3 is 10.2 Å². The summed E-state index contributed by atoms with van der Waals surface area (Å²) in [6.45, 7) is 1.54. The smallest absolute Gasteiger partial charge is 0.310 e. The fourth-order valence-corrected chi connectivity index (χ4v) is 2.83. The SMILES string of the molecule is C[C@@]1(C(=O)O)[C@@H]2C=C[C@@H](C2)[C@@H]1C(=O)O. The maximum absolute atomic E-state index is 11.1. The molecule has 4 atom stereocenters. The second-order valence-electron chi connectivity index (χ2n) is 4.29. The van der Waals surface area contributed by atoms with Gasteiger partial charge in [-0.1, -0.05) is 12.2 Å². The molecule has 0 spiro atoms. The quantitative estimate of drug-likeness (QED) is 0.646. The van der Waals surface area contributed by atoms with Crippen molar-refractivity contribution in [3.8, 4) is 0 Å².